The molecule has 2 aliphatic rings. The maximum absolute atomic E-state index is 12.2. The molecule has 2 rings (SSSR count). The lowest BCUT2D eigenvalue weighted by Gasteiger charge is -2.18. The predicted octanol–water partition coefficient (Wildman–Crippen LogP) is 3.35. The summed E-state index contributed by atoms with van der Waals surface area (Å²) in [6, 6.07) is 0. The minimum absolute atomic E-state index is 0.0731. The van der Waals surface area contributed by atoms with Crippen LogP contribution in [0.2, 0.25) is 0 Å². The average Bonchev–Trinajstić information content (AvgIpc) is 2.30. The van der Waals surface area contributed by atoms with Crippen molar-refractivity contribution in [3.63, 3.8) is 0 Å². The number of hydrogen-bond acceptors (Lipinski definition) is 1. The zero-order chi connectivity index (χ0) is 10.7. The van der Waals surface area contributed by atoms with Crippen molar-refractivity contribution < 1.29 is 4.79 Å². The number of Topliss-reactive ketones (excluding diaryl/α,β-unsaturated/α-hetero) is 1. The second-order valence-electron chi connectivity index (χ2n) is 4.13. The standard InChI is InChI=1S/C14H16O/c1-11-7-5-6-10-13(11)14(15)12-8-3-2-4-9-12/h3,5-9,13H,2,4,10H2,1H3. The first-order valence-electron chi connectivity index (χ1n) is 5.53. The van der Waals surface area contributed by atoms with Gasteiger partial charge in [0.2, 0.25) is 0 Å². The molecule has 0 heterocycles. The molecule has 0 amide bonds. The normalized spacial score (nSPS) is 24.7. The molecule has 0 radical (unpaired) electrons. The predicted molar refractivity (Wildman–Crippen MR) is 62.5 cm³/mol. The first kappa shape index (κ1) is 10.2. The Balaban J connectivity index is 2.14. The molecule has 0 saturated heterocycles. The van der Waals surface area contributed by atoms with Crippen molar-refractivity contribution in [1.29, 1.82) is 0 Å². The quantitative estimate of drug-likeness (QED) is 0.668. The molecule has 15 heavy (non-hydrogen) atoms. The van der Waals surface area contributed by atoms with Crippen LogP contribution in [0.1, 0.15) is 26.2 Å². The molecule has 0 aromatic rings. The first-order valence-corrected chi connectivity index (χ1v) is 5.53. The molecule has 2 aliphatic carbocycles. The summed E-state index contributed by atoms with van der Waals surface area (Å²) in [4.78, 5) is 12.2. The van der Waals surface area contributed by atoms with Gasteiger partial charge in [0.05, 0.1) is 0 Å². The van der Waals surface area contributed by atoms with Gasteiger partial charge in [-0.1, -0.05) is 42.0 Å². The zero-order valence-corrected chi connectivity index (χ0v) is 9.07. The summed E-state index contributed by atoms with van der Waals surface area (Å²) < 4.78 is 0. The lowest BCUT2D eigenvalue weighted by Crippen LogP contribution is -2.18. The van der Waals surface area contributed by atoms with E-state index >= 15 is 0 Å². The van der Waals surface area contributed by atoms with Crippen LogP contribution in [-0.4, -0.2) is 5.78 Å². The highest BCUT2D eigenvalue weighted by molar-refractivity contribution is 6.01. The number of ketones is 1. The Hall–Kier alpha value is -1.37. The van der Waals surface area contributed by atoms with Crippen molar-refractivity contribution in [2.75, 3.05) is 0 Å². The minimum atomic E-state index is 0.0731. The fraction of sp³-hybridized carbons (Fsp3) is 0.357. The third-order valence-electron chi connectivity index (χ3n) is 3.01. The maximum atomic E-state index is 12.2. The van der Waals surface area contributed by atoms with Crippen molar-refractivity contribution >= 4 is 5.78 Å². The number of carbonyl (C=O) groups is 1. The molecule has 0 aromatic heterocycles. The van der Waals surface area contributed by atoms with Crippen molar-refractivity contribution in [3.8, 4) is 0 Å². The molecule has 78 valence electrons. The lowest BCUT2D eigenvalue weighted by molar-refractivity contribution is -0.117. The Morgan fingerprint density at radius 3 is 2.87 bits per heavy atom. The maximum Gasteiger partial charge on any atom is 0.169 e. The SMILES string of the molecule is CC1=CC=CCC1C(=O)C1=CCCC=C1. The van der Waals surface area contributed by atoms with Crippen LogP contribution in [0.3, 0.4) is 0 Å². The summed E-state index contributed by atoms with van der Waals surface area (Å²) in [6.45, 7) is 2.04. The minimum Gasteiger partial charge on any atom is -0.294 e. The summed E-state index contributed by atoms with van der Waals surface area (Å²) >= 11 is 0. The molecule has 0 bridgehead atoms. The van der Waals surface area contributed by atoms with Gasteiger partial charge in [-0.3, -0.25) is 4.79 Å². The van der Waals surface area contributed by atoms with E-state index in [1.807, 2.05) is 25.2 Å². The molecule has 0 fully saturated rings. The van der Waals surface area contributed by atoms with Crippen molar-refractivity contribution in [2.24, 2.45) is 5.92 Å². The van der Waals surface area contributed by atoms with Gasteiger partial charge in [0.1, 0.15) is 0 Å². The van der Waals surface area contributed by atoms with E-state index in [0.717, 1.165) is 24.8 Å². The van der Waals surface area contributed by atoms with E-state index in [4.69, 9.17) is 0 Å². The van der Waals surface area contributed by atoms with Gasteiger partial charge in [0.15, 0.2) is 5.78 Å². The monoisotopic (exact) mass is 200 g/mol. The van der Waals surface area contributed by atoms with Gasteiger partial charge in [-0.25, -0.2) is 0 Å². The Morgan fingerprint density at radius 2 is 2.20 bits per heavy atom. The van der Waals surface area contributed by atoms with Crippen molar-refractivity contribution in [2.45, 2.75) is 26.2 Å². The highest BCUT2D eigenvalue weighted by atomic mass is 16.1. The van der Waals surface area contributed by atoms with E-state index in [1.54, 1.807) is 0 Å². The number of carbonyl (C=O) groups excluding carboxylic acids is 1. The highest BCUT2D eigenvalue weighted by Crippen LogP contribution is 2.25. The fourth-order valence-corrected chi connectivity index (χ4v) is 2.05. The van der Waals surface area contributed by atoms with E-state index in [-0.39, 0.29) is 11.7 Å². The zero-order valence-electron chi connectivity index (χ0n) is 9.07. The number of rotatable bonds is 2. The largest absolute Gasteiger partial charge is 0.294 e. The van der Waals surface area contributed by atoms with E-state index in [9.17, 15) is 4.79 Å². The summed E-state index contributed by atoms with van der Waals surface area (Å²) in [5.41, 5.74) is 2.08. The van der Waals surface area contributed by atoms with Crippen LogP contribution in [0.15, 0.2) is 47.6 Å². The van der Waals surface area contributed by atoms with Gasteiger partial charge in [-0.2, -0.15) is 0 Å². The Labute approximate surface area is 90.9 Å². The molecule has 1 heteroatoms. The highest BCUT2D eigenvalue weighted by Gasteiger charge is 2.22. The van der Waals surface area contributed by atoms with Gasteiger partial charge >= 0.3 is 0 Å². The third-order valence-corrected chi connectivity index (χ3v) is 3.01. The van der Waals surface area contributed by atoms with E-state index in [2.05, 4.69) is 18.2 Å². The number of allylic oxidation sites excluding steroid dienone is 8. The lowest BCUT2D eigenvalue weighted by atomic mass is 9.84. The van der Waals surface area contributed by atoms with E-state index in [0.29, 0.717) is 0 Å². The molecule has 0 aromatic carbocycles. The van der Waals surface area contributed by atoms with Crippen molar-refractivity contribution in [1.82, 2.24) is 0 Å². The van der Waals surface area contributed by atoms with Crippen LogP contribution in [0.25, 0.3) is 0 Å². The summed E-state index contributed by atoms with van der Waals surface area (Å²) in [5, 5.41) is 0. The summed E-state index contributed by atoms with van der Waals surface area (Å²) in [5.74, 6) is 0.355. The average molecular weight is 200 g/mol. The van der Waals surface area contributed by atoms with Gasteiger partial charge in [-0.15, -0.1) is 0 Å². The first-order chi connectivity index (χ1) is 7.29. The smallest absolute Gasteiger partial charge is 0.169 e. The fourth-order valence-electron chi connectivity index (χ4n) is 2.05. The van der Waals surface area contributed by atoms with Crippen LogP contribution in [-0.2, 0) is 4.79 Å². The van der Waals surface area contributed by atoms with Crippen molar-refractivity contribution in [3.05, 3.63) is 47.6 Å². The van der Waals surface area contributed by atoms with E-state index < -0.39 is 0 Å². The van der Waals surface area contributed by atoms with Gasteiger partial charge < -0.3 is 0 Å². The van der Waals surface area contributed by atoms with Gasteiger partial charge in [0.25, 0.3) is 0 Å². The molecule has 0 aliphatic heterocycles. The van der Waals surface area contributed by atoms with Crippen LogP contribution in [0.4, 0.5) is 0 Å². The van der Waals surface area contributed by atoms with Crippen LogP contribution >= 0.6 is 0 Å². The molecular weight excluding hydrogens is 184 g/mol. The Morgan fingerprint density at radius 1 is 1.33 bits per heavy atom. The van der Waals surface area contributed by atoms with Crippen LogP contribution in [0, 0.1) is 5.92 Å². The summed E-state index contributed by atoms with van der Waals surface area (Å²) in [7, 11) is 0. The molecular formula is C14H16O. The Kier molecular flexibility index (Phi) is 3.00. The number of hydrogen-bond donors (Lipinski definition) is 0. The molecule has 1 unspecified atom stereocenters. The summed E-state index contributed by atoms with van der Waals surface area (Å²) in [6.07, 6.45) is 15.2. The molecule has 1 atom stereocenters. The second kappa shape index (κ2) is 4.43. The molecule has 0 saturated carbocycles. The van der Waals surface area contributed by atoms with Crippen LogP contribution < -0.4 is 0 Å². The second-order valence-corrected chi connectivity index (χ2v) is 4.13. The van der Waals surface area contributed by atoms with Gasteiger partial charge in [0, 0.05) is 11.5 Å². The Bertz CT molecular complexity index is 380. The van der Waals surface area contributed by atoms with E-state index in [1.165, 1.54) is 5.57 Å². The molecule has 1 nitrogen and oxygen atoms in total. The van der Waals surface area contributed by atoms with Gasteiger partial charge in [-0.05, 0) is 26.2 Å². The topological polar surface area (TPSA) is 17.1 Å². The molecule has 0 spiro atoms. The molecule has 0 N–H and O–H groups in total. The third kappa shape index (κ3) is 2.17. The van der Waals surface area contributed by atoms with Crippen LogP contribution in [0.5, 0.6) is 0 Å².